The first-order chi connectivity index (χ1) is 8.22. The Morgan fingerprint density at radius 2 is 2.00 bits per heavy atom. The maximum absolute atomic E-state index is 5.58. The SMILES string of the molecule is CC(CCN)c1nc(-c2ccccc2)nn1C. The maximum atomic E-state index is 5.58. The van der Waals surface area contributed by atoms with Gasteiger partial charge in [0, 0.05) is 18.5 Å². The summed E-state index contributed by atoms with van der Waals surface area (Å²) >= 11 is 0. The van der Waals surface area contributed by atoms with E-state index in [0.717, 1.165) is 23.6 Å². The second-order valence-corrected chi connectivity index (χ2v) is 4.26. The van der Waals surface area contributed by atoms with Gasteiger partial charge in [0.1, 0.15) is 5.82 Å². The van der Waals surface area contributed by atoms with Crippen molar-refractivity contribution in [1.29, 1.82) is 0 Å². The van der Waals surface area contributed by atoms with Gasteiger partial charge in [-0.15, -0.1) is 0 Å². The van der Waals surface area contributed by atoms with E-state index >= 15 is 0 Å². The minimum atomic E-state index is 0.343. The number of aryl methyl sites for hydroxylation is 1. The predicted octanol–water partition coefficient (Wildman–Crippen LogP) is 1.93. The number of benzene rings is 1. The Morgan fingerprint density at radius 1 is 1.29 bits per heavy atom. The zero-order valence-corrected chi connectivity index (χ0v) is 10.3. The molecule has 0 saturated heterocycles. The highest BCUT2D eigenvalue weighted by molar-refractivity contribution is 5.54. The van der Waals surface area contributed by atoms with Gasteiger partial charge in [-0.3, -0.25) is 4.68 Å². The summed E-state index contributed by atoms with van der Waals surface area (Å²) in [4.78, 5) is 4.59. The van der Waals surface area contributed by atoms with Gasteiger partial charge in [0.2, 0.25) is 0 Å². The molecule has 0 amide bonds. The van der Waals surface area contributed by atoms with E-state index in [1.807, 2.05) is 42.1 Å². The molecule has 90 valence electrons. The van der Waals surface area contributed by atoms with E-state index in [9.17, 15) is 0 Å². The van der Waals surface area contributed by atoms with Gasteiger partial charge in [-0.1, -0.05) is 37.3 Å². The lowest BCUT2D eigenvalue weighted by atomic mass is 10.1. The predicted molar refractivity (Wildman–Crippen MR) is 68.5 cm³/mol. The van der Waals surface area contributed by atoms with Crippen molar-refractivity contribution in [2.75, 3.05) is 6.54 Å². The second-order valence-electron chi connectivity index (χ2n) is 4.26. The third kappa shape index (κ3) is 2.53. The molecular formula is C13H18N4. The fraction of sp³-hybridized carbons (Fsp3) is 0.385. The molecule has 4 nitrogen and oxygen atoms in total. The summed E-state index contributed by atoms with van der Waals surface area (Å²) < 4.78 is 1.85. The summed E-state index contributed by atoms with van der Waals surface area (Å²) in [7, 11) is 1.93. The van der Waals surface area contributed by atoms with Gasteiger partial charge >= 0.3 is 0 Å². The lowest BCUT2D eigenvalue weighted by Gasteiger charge is -2.07. The monoisotopic (exact) mass is 230 g/mol. The van der Waals surface area contributed by atoms with Crippen molar-refractivity contribution in [3.05, 3.63) is 36.2 Å². The molecule has 1 aromatic heterocycles. The van der Waals surface area contributed by atoms with Gasteiger partial charge in [-0.2, -0.15) is 5.10 Å². The number of nitrogens with zero attached hydrogens (tertiary/aromatic N) is 3. The van der Waals surface area contributed by atoms with Gasteiger partial charge in [0.15, 0.2) is 5.82 Å². The van der Waals surface area contributed by atoms with Gasteiger partial charge in [0.25, 0.3) is 0 Å². The van der Waals surface area contributed by atoms with Crippen LogP contribution in [0, 0.1) is 0 Å². The lowest BCUT2D eigenvalue weighted by Crippen LogP contribution is -2.09. The molecule has 1 heterocycles. The van der Waals surface area contributed by atoms with Crippen LogP contribution in [0.5, 0.6) is 0 Å². The van der Waals surface area contributed by atoms with Crippen LogP contribution in [0.25, 0.3) is 11.4 Å². The van der Waals surface area contributed by atoms with E-state index in [-0.39, 0.29) is 0 Å². The van der Waals surface area contributed by atoms with E-state index in [4.69, 9.17) is 5.73 Å². The molecule has 0 fully saturated rings. The van der Waals surface area contributed by atoms with Gasteiger partial charge < -0.3 is 5.73 Å². The summed E-state index contributed by atoms with van der Waals surface area (Å²) in [5, 5.41) is 4.45. The van der Waals surface area contributed by atoms with Crippen LogP contribution in [-0.2, 0) is 7.05 Å². The molecule has 0 aliphatic carbocycles. The first-order valence-corrected chi connectivity index (χ1v) is 5.88. The molecule has 0 radical (unpaired) electrons. The first-order valence-electron chi connectivity index (χ1n) is 5.88. The standard InChI is InChI=1S/C13H18N4/c1-10(8-9-14)13-15-12(16-17(13)2)11-6-4-3-5-7-11/h3-7,10H,8-9,14H2,1-2H3. The molecule has 1 unspecified atom stereocenters. The lowest BCUT2D eigenvalue weighted by molar-refractivity contribution is 0.593. The Hall–Kier alpha value is -1.68. The minimum absolute atomic E-state index is 0.343. The van der Waals surface area contributed by atoms with E-state index in [2.05, 4.69) is 17.0 Å². The van der Waals surface area contributed by atoms with Crippen LogP contribution in [0.15, 0.2) is 30.3 Å². The van der Waals surface area contributed by atoms with Crippen molar-refractivity contribution in [3.8, 4) is 11.4 Å². The molecule has 2 aromatic rings. The number of hydrogen-bond donors (Lipinski definition) is 1. The Kier molecular flexibility index (Phi) is 3.54. The van der Waals surface area contributed by atoms with Gasteiger partial charge in [-0.05, 0) is 13.0 Å². The van der Waals surface area contributed by atoms with Crippen molar-refractivity contribution in [3.63, 3.8) is 0 Å². The molecule has 0 bridgehead atoms. The summed E-state index contributed by atoms with van der Waals surface area (Å²) in [5.74, 6) is 2.12. The number of hydrogen-bond acceptors (Lipinski definition) is 3. The zero-order chi connectivity index (χ0) is 12.3. The van der Waals surface area contributed by atoms with E-state index < -0.39 is 0 Å². The quantitative estimate of drug-likeness (QED) is 0.873. The minimum Gasteiger partial charge on any atom is -0.330 e. The smallest absolute Gasteiger partial charge is 0.181 e. The summed E-state index contributed by atoms with van der Waals surface area (Å²) in [6, 6.07) is 10.0. The molecule has 2 rings (SSSR count). The van der Waals surface area contributed by atoms with Crippen LogP contribution in [0.2, 0.25) is 0 Å². The normalized spacial score (nSPS) is 12.6. The Labute approximate surface area is 101 Å². The molecule has 1 aromatic carbocycles. The van der Waals surface area contributed by atoms with Crippen molar-refractivity contribution >= 4 is 0 Å². The molecule has 0 aliphatic rings. The van der Waals surface area contributed by atoms with Crippen LogP contribution >= 0.6 is 0 Å². The van der Waals surface area contributed by atoms with Gasteiger partial charge in [-0.25, -0.2) is 4.98 Å². The molecule has 1 atom stereocenters. The number of aromatic nitrogens is 3. The third-order valence-corrected chi connectivity index (χ3v) is 2.87. The zero-order valence-electron chi connectivity index (χ0n) is 10.3. The highest BCUT2D eigenvalue weighted by Crippen LogP contribution is 2.20. The van der Waals surface area contributed by atoms with Crippen molar-refractivity contribution in [2.45, 2.75) is 19.3 Å². The molecular weight excluding hydrogens is 212 g/mol. The summed E-state index contributed by atoms with van der Waals surface area (Å²) in [6.45, 7) is 2.81. The fourth-order valence-corrected chi connectivity index (χ4v) is 1.91. The topological polar surface area (TPSA) is 56.7 Å². The molecule has 4 heteroatoms. The van der Waals surface area contributed by atoms with Gasteiger partial charge in [0.05, 0.1) is 0 Å². The third-order valence-electron chi connectivity index (χ3n) is 2.87. The van der Waals surface area contributed by atoms with Crippen molar-refractivity contribution < 1.29 is 0 Å². The van der Waals surface area contributed by atoms with Crippen molar-refractivity contribution in [2.24, 2.45) is 12.8 Å². The second kappa shape index (κ2) is 5.10. The summed E-state index contributed by atoms with van der Waals surface area (Å²) in [5.41, 5.74) is 6.63. The molecule has 0 aliphatic heterocycles. The number of rotatable bonds is 4. The highest BCUT2D eigenvalue weighted by atomic mass is 15.3. The van der Waals surface area contributed by atoms with Crippen LogP contribution < -0.4 is 5.73 Å². The Morgan fingerprint density at radius 3 is 2.65 bits per heavy atom. The van der Waals surface area contributed by atoms with Crippen LogP contribution in [0.1, 0.15) is 25.1 Å². The molecule has 17 heavy (non-hydrogen) atoms. The Balaban J connectivity index is 2.31. The van der Waals surface area contributed by atoms with Crippen LogP contribution in [0.4, 0.5) is 0 Å². The average Bonchev–Trinajstić information content (AvgIpc) is 2.73. The van der Waals surface area contributed by atoms with Crippen molar-refractivity contribution in [1.82, 2.24) is 14.8 Å². The van der Waals surface area contributed by atoms with E-state index in [1.165, 1.54) is 0 Å². The van der Waals surface area contributed by atoms with E-state index in [0.29, 0.717) is 12.5 Å². The number of nitrogens with two attached hydrogens (primary N) is 1. The Bertz CT molecular complexity index is 475. The fourth-order valence-electron chi connectivity index (χ4n) is 1.91. The maximum Gasteiger partial charge on any atom is 0.181 e. The molecule has 2 N–H and O–H groups in total. The molecule has 0 saturated carbocycles. The van der Waals surface area contributed by atoms with E-state index in [1.54, 1.807) is 0 Å². The average molecular weight is 230 g/mol. The molecule has 0 spiro atoms. The first kappa shape index (κ1) is 11.8. The largest absolute Gasteiger partial charge is 0.330 e. The highest BCUT2D eigenvalue weighted by Gasteiger charge is 2.14. The van der Waals surface area contributed by atoms with Crippen LogP contribution in [-0.4, -0.2) is 21.3 Å². The van der Waals surface area contributed by atoms with Crippen LogP contribution in [0.3, 0.4) is 0 Å². The summed E-state index contributed by atoms with van der Waals surface area (Å²) in [6.07, 6.45) is 0.931.